The van der Waals surface area contributed by atoms with Crippen molar-refractivity contribution in [3.63, 3.8) is 0 Å². The summed E-state index contributed by atoms with van der Waals surface area (Å²) in [7, 11) is 1.67. The lowest BCUT2D eigenvalue weighted by Gasteiger charge is -2.37. The van der Waals surface area contributed by atoms with Crippen molar-refractivity contribution in [1.29, 1.82) is 0 Å². The van der Waals surface area contributed by atoms with Crippen LogP contribution in [-0.2, 0) is 6.61 Å². The lowest BCUT2D eigenvalue weighted by atomic mass is 9.77. The molecule has 3 atom stereocenters. The second-order valence-electron chi connectivity index (χ2n) is 10.2. The number of anilines is 1. The van der Waals surface area contributed by atoms with E-state index in [0.717, 1.165) is 32.6 Å². The number of aliphatic imine (C=N–C) groups is 1. The minimum Gasteiger partial charge on any atom is -0.493 e. The van der Waals surface area contributed by atoms with Crippen molar-refractivity contribution in [1.82, 2.24) is 0 Å². The summed E-state index contributed by atoms with van der Waals surface area (Å²) in [6.45, 7) is 2.58. The van der Waals surface area contributed by atoms with Gasteiger partial charge in [-0.3, -0.25) is 4.99 Å². The number of para-hydroxylation sites is 1. The van der Waals surface area contributed by atoms with Crippen LogP contribution in [0.5, 0.6) is 11.5 Å². The van der Waals surface area contributed by atoms with Crippen LogP contribution in [0.15, 0.2) is 102 Å². The SMILES string of the molecule is COc1cc(C=Nc2ccc([C@@H]3Nc4ccccc4[C@@H]4C=CC[C@H]43)cc2)cc(I)c1OCc1ccc(C)cc1. The molecule has 0 saturated heterocycles. The Morgan fingerprint density at radius 2 is 1.79 bits per heavy atom. The first-order valence-electron chi connectivity index (χ1n) is 13.3. The molecular weight excluding hydrogens is 595 g/mol. The Hall–Kier alpha value is -3.58. The van der Waals surface area contributed by atoms with E-state index >= 15 is 0 Å². The normalized spacial score (nSPS) is 19.4. The van der Waals surface area contributed by atoms with Crippen LogP contribution in [0.2, 0.25) is 0 Å². The number of rotatable bonds is 7. The number of ether oxygens (including phenoxy) is 2. The van der Waals surface area contributed by atoms with E-state index < -0.39 is 0 Å². The molecule has 0 aromatic heterocycles. The average molecular weight is 627 g/mol. The number of benzene rings is 4. The lowest BCUT2D eigenvalue weighted by Crippen LogP contribution is -2.28. The van der Waals surface area contributed by atoms with Gasteiger partial charge in [0.2, 0.25) is 0 Å². The highest BCUT2D eigenvalue weighted by molar-refractivity contribution is 14.1. The second kappa shape index (κ2) is 11.3. The van der Waals surface area contributed by atoms with Gasteiger partial charge in [-0.25, -0.2) is 0 Å². The van der Waals surface area contributed by atoms with E-state index in [1.165, 1.54) is 22.4 Å². The Kier molecular flexibility index (Phi) is 7.42. The Labute approximate surface area is 243 Å². The topological polar surface area (TPSA) is 42.8 Å². The quantitative estimate of drug-likeness (QED) is 0.127. The molecule has 0 saturated carbocycles. The Bertz CT molecular complexity index is 1530. The Balaban J connectivity index is 1.16. The molecule has 39 heavy (non-hydrogen) atoms. The molecule has 4 nitrogen and oxygen atoms in total. The maximum absolute atomic E-state index is 6.14. The van der Waals surface area contributed by atoms with Gasteiger partial charge in [0.25, 0.3) is 0 Å². The third-order valence-electron chi connectivity index (χ3n) is 7.64. The molecule has 0 bridgehead atoms. The molecule has 6 rings (SSSR count). The van der Waals surface area contributed by atoms with E-state index in [4.69, 9.17) is 14.5 Å². The highest BCUT2D eigenvalue weighted by Crippen LogP contribution is 2.49. The molecule has 1 aliphatic carbocycles. The fourth-order valence-electron chi connectivity index (χ4n) is 5.58. The monoisotopic (exact) mass is 626 g/mol. The van der Waals surface area contributed by atoms with Crippen LogP contribution in [0.3, 0.4) is 0 Å². The number of fused-ring (bicyclic) bond motifs is 3. The zero-order valence-corrected chi connectivity index (χ0v) is 24.3. The first-order valence-corrected chi connectivity index (χ1v) is 14.4. The highest BCUT2D eigenvalue weighted by atomic mass is 127. The number of halogens is 1. The summed E-state index contributed by atoms with van der Waals surface area (Å²) in [5, 5.41) is 3.80. The van der Waals surface area contributed by atoms with Gasteiger partial charge in [0.05, 0.1) is 22.4 Å². The van der Waals surface area contributed by atoms with Crippen molar-refractivity contribution in [3.8, 4) is 11.5 Å². The summed E-state index contributed by atoms with van der Waals surface area (Å²) in [5.41, 5.74) is 8.20. The van der Waals surface area contributed by atoms with Gasteiger partial charge in [-0.05, 0) is 94.4 Å². The molecule has 2 aliphatic rings. The molecule has 0 amide bonds. The van der Waals surface area contributed by atoms with E-state index in [1.807, 2.05) is 12.3 Å². The van der Waals surface area contributed by atoms with Crippen molar-refractivity contribution in [2.75, 3.05) is 12.4 Å². The van der Waals surface area contributed by atoms with Gasteiger partial charge >= 0.3 is 0 Å². The summed E-state index contributed by atoms with van der Waals surface area (Å²) in [6, 6.07) is 30.0. The molecular formula is C34H31IN2O2. The number of hydrogen-bond acceptors (Lipinski definition) is 4. The molecule has 0 spiro atoms. The van der Waals surface area contributed by atoms with Crippen molar-refractivity contribution in [3.05, 3.63) is 128 Å². The van der Waals surface area contributed by atoms with Gasteiger partial charge in [-0.15, -0.1) is 0 Å². The van der Waals surface area contributed by atoms with E-state index in [2.05, 4.69) is 126 Å². The third-order valence-corrected chi connectivity index (χ3v) is 8.44. The van der Waals surface area contributed by atoms with E-state index in [0.29, 0.717) is 24.2 Å². The summed E-state index contributed by atoms with van der Waals surface area (Å²) in [5.74, 6) is 2.47. The Morgan fingerprint density at radius 3 is 2.59 bits per heavy atom. The summed E-state index contributed by atoms with van der Waals surface area (Å²) >= 11 is 2.30. The molecule has 4 aromatic carbocycles. The average Bonchev–Trinajstić information content (AvgIpc) is 3.46. The van der Waals surface area contributed by atoms with Crippen molar-refractivity contribution < 1.29 is 9.47 Å². The summed E-state index contributed by atoms with van der Waals surface area (Å²) < 4.78 is 12.8. The van der Waals surface area contributed by atoms with Crippen molar-refractivity contribution in [2.45, 2.75) is 31.9 Å². The first-order chi connectivity index (χ1) is 19.1. The van der Waals surface area contributed by atoms with Crippen LogP contribution in [0, 0.1) is 16.4 Å². The van der Waals surface area contributed by atoms with Crippen LogP contribution in [0.25, 0.3) is 0 Å². The Morgan fingerprint density at radius 1 is 1.00 bits per heavy atom. The molecule has 196 valence electrons. The number of aryl methyl sites for hydroxylation is 1. The molecule has 1 heterocycles. The van der Waals surface area contributed by atoms with E-state index in [1.54, 1.807) is 7.11 Å². The van der Waals surface area contributed by atoms with Gasteiger partial charge in [-0.1, -0.05) is 72.3 Å². The lowest BCUT2D eigenvalue weighted by molar-refractivity contribution is 0.282. The minimum atomic E-state index is 0.288. The molecule has 0 radical (unpaired) electrons. The largest absolute Gasteiger partial charge is 0.493 e. The van der Waals surface area contributed by atoms with Gasteiger partial charge in [0.1, 0.15) is 6.61 Å². The van der Waals surface area contributed by atoms with Gasteiger partial charge in [-0.2, -0.15) is 0 Å². The maximum atomic E-state index is 6.14. The molecule has 1 N–H and O–H groups in total. The van der Waals surface area contributed by atoms with Crippen LogP contribution in [0.4, 0.5) is 11.4 Å². The predicted octanol–water partition coefficient (Wildman–Crippen LogP) is 8.76. The third kappa shape index (κ3) is 5.46. The molecule has 4 aromatic rings. The van der Waals surface area contributed by atoms with Crippen molar-refractivity contribution >= 4 is 40.2 Å². The van der Waals surface area contributed by atoms with Crippen LogP contribution < -0.4 is 14.8 Å². The van der Waals surface area contributed by atoms with Crippen molar-refractivity contribution in [2.24, 2.45) is 10.9 Å². The smallest absolute Gasteiger partial charge is 0.174 e. The molecule has 0 unspecified atom stereocenters. The molecule has 5 heteroatoms. The van der Waals surface area contributed by atoms with E-state index in [-0.39, 0.29) is 6.04 Å². The fourth-order valence-corrected chi connectivity index (χ4v) is 6.37. The number of hydrogen-bond donors (Lipinski definition) is 1. The van der Waals surface area contributed by atoms with Crippen LogP contribution >= 0.6 is 22.6 Å². The maximum Gasteiger partial charge on any atom is 0.174 e. The first kappa shape index (κ1) is 25.7. The zero-order valence-electron chi connectivity index (χ0n) is 22.1. The fraction of sp³-hybridized carbons (Fsp3) is 0.206. The van der Waals surface area contributed by atoms with Crippen LogP contribution in [-0.4, -0.2) is 13.3 Å². The number of methoxy groups -OCH3 is 1. The minimum absolute atomic E-state index is 0.288. The van der Waals surface area contributed by atoms with Gasteiger partial charge in [0.15, 0.2) is 11.5 Å². The highest BCUT2D eigenvalue weighted by Gasteiger charge is 2.37. The van der Waals surface area contributed by atoms with Gasteiger partial charge < -0.3 is 14.8 Å². The molecule has 1 aliphatic heterocycles. The standard InChI is InChI=1S/C34H31IN2O2/c1-22-10-12-23(13-11-22)21-39-34-30(35)18-24(19-32(34)38-2)20-36-26-16-14-25(15-17-26)33-29-8-5-7-27(29)28-6-3-4-9-31(28)37-33/h3-7,9-20,27,29,33,37H,8,21H2,1-2H3/t27-,29+,33-/m0/s1. The summed E-state index contributed by atoms with van der Waals surface area (Å²) in [6.07, 6.45) is 7.70. The number of nitrogens with zero attached hydrogens (tertiary/aromatic N) is 1. The van der Waals surface area contributed by atoms with E-state index in [9.17, 15) is 0 Å². The summed E-state index contributed by atoms with van der Waals surface area (Å²) in [4.78, 5) is 4.76. The predicted molar refractivity (Wildman–Crippen MR) is 168 cm³/mol. The van der Waals surface area contributed by atoms with Crippen LogP contribution in [0.1, 0.15) is 46.2 Å². The zero-order chi connectivity index (χ0) is 26.8. The number of allylic oxidation sites excluding steroid dienone is 2. The second-order valence-corrected chi connectivity index (χ2v) is 11.4. The molecule has 0 fully saturated rings. The van der Waals surface area contributed by atoms with Gasteiger partial charge in [0, 0.05) is 17.8 Å². The number of nitrogens with one attached hydrogen (secondary N) is 1.